The van der Waals surface area contributed by atoms with Crippen molar-refractivity contribution in [3.63, 3.8) is 0 Å². The average molecular weight is 393 g/mol. The maximum absolute atomic E-state index is 12.6. The van der Waals surface area contributed by atoms with Crippen LogP contribution >= 0.6 is 34.5 Å². The first-order valence-electron chi connectivity index (χ1n) is 6.87. The molecule has 0 amide bonds. The van der Waals surface area contributed by atoms with Gasteiger partial charge in [-0.2, -0.15) is 0 Å². The number of ether oxygens (including phenoxy) is 1. The van der Waals surface area contributed by atoms with E-state index in [2.05, 4.69) is 9.62 Å². The van der Waals surface area contributed by atoms with Crippen molar-refractivity contribution in [2.24, 2.45) is 0 Å². The Labute approximate surface area is 148 Å². The number of hydrogen-bond acceptors (Lipinski definition) is 5. The predicted molar refractivity (Wildman–Crippen MR) is 94.6 cm³/mol. The van der Waals surface area contributed by atoms with E-state index in [-0.39, 0.29) is 9.23 Å². The van der Waals surface area contributed by atoms with Crippen LogP contribution in [0.25, 0.3) is 0 Å². The molecule has 1 aromatic heterocycles. The number of thiophene rings is 1. The SMILES string of the molecule is O=S(=O)(Nc1ccccc1N1CCOCC1)c1cc(Cl)sc1Cl. The number of nitrogens with one attached hydrogen (secondary N) is 1. The van der Waals surface area contributed by atoms with Crippen molar-refractivity contribution in [1.29, 1.82) is 0 Å². The fourth-order valence-electron chi connectivity index (χ4n) is 2.35. The number of para-hydroxylation sites is 2. The molecule has 1 saturated heterocycles. The van der Waals surface area contributed by atoms with Crippen molar-refractivity contribution in [3.05, 3.63) is 39.0 Å². The number of morpholine rings is 1. The smallest absolute Gasteiger partial charge is 0.264 e. The number of sulfonamides is 1. The van der Waals surface area contributed by atoms with E-state index in [0.29, 0.717) is 36.3 Å². The number of halogens is 2. The van der Waals surface area contributed by atoms with Gasteiger partial charge < -0.3 is 9.64 Å². The van der Waals surface area contributed by atoms with Crippen LogP contribution < -0.4 is 9.62 Å². The second kappa shape index (κ2) is 6.86. The van der Waals surface area contributed by atoms with Gasteiger partial charge in [0.1, 0.15) is 9.23 Å². The molecule has 0 spiro atoms. The zero-order valence-corrected chi connectivity index (χ0v) is 15.1. The van der Waals surface area contributed by atoms with E-state index < -0.39 is 10.0 Å². The maximum atomic E-state index is 12.6. The Kier molecular flexibility index (Phi) is 5.03. The van der Waals surface area contributed by atoms with Gasteiger partial charge in [-0.05, 0) is 18.2 Å². The molecule has 5 nitrogen and oxygen atoms in total. The molecule has 0 bridgehead atoms. The molecule has 3 rings (SSSR count). The van der Waals surface area contributed by atoms with E-state index in [4.69, 9.17) is 27.9 Å². The van der Waals surface area contributed by atoms with Crippen LogP contribution in [0.5, 0.6) is 0 Å². The van der Waals surface area contributed by atoms with Gasteiger partial charge in [0.05, 0.1) is 28.9 Å². The van der Waals surface area contributed by atoms with Crippen molar-refractivity contribution in [2.45, 2.75) is 4.90 Å². The zero-order chi connectivity index (χ0) is 16.4. The van der Waals surface area contributed by atoms with E-state index >= 15 is 0 Å². The van der Waals surface area contributed by atoms with Crippen molar-refractivity contribution in [3.8, 4) is 0 Å². The summed E-state index contributed by atoms with van der Waals surface area (Å²) in [5.74, 6) is 0. The van der Waals surface area contributed by atoms with Gasteiger partial charge >= 0.3 is 0 Å². The van der Waals surface area contributed by atoms with E-state index in [0.717, 1.165) is 17.0 Å². The lowest BCUT2D eigenvalue weighted by molar-refractivity contribution is 0.123. The van der Waals surface area contributed by atoms with Crippen LogP contribution in [0, 0.1) is 0 Å². The van der Waals surface area contributed by atoms with Gasteiger partial charge in [0.25, 0.3) is 10.0 Å². The molecule has 1 aromatic carbocycles. The Morgan fingerprint density at radius 2 is 1.87 bits per heavy atom. The predicted octanol–water partition coefficient (Wildman–Crippen LogP) is 3.69. The van der Waals surface area contributed by atoms with Crippen LogP contribution in [0.1, 0.15) is 0 Å². The molecule has 9 heteroatoms. The Morgan fingerprint density at radius 3 is 2.52 bits per heavy atom. The van der Waals surface area contributed by atoms with Crippen molar-refractivity contribution < 1.29 is 13.2 Å². The van der Waals surface area contributed by atoms with Crippen molar-refractivity contribution >= 4 is 55.9 Å². The Hall–Kier alpha value is -0.990. The third-order valence-electron chi connectivity index (χ3n) is 3.42. The minimum Gasteiger partial charge on any atom is -0.378 e. The first-order chi connectivity index (χ1) is 11.0. The first kappa shape index (κ1) is 16.9. The summed E-state index contributed by atoms with van der Waals surface area (Å²) in [5.41, 5.74) is 1.32. The Morgan fingerprint density at radius 1 is 1.17 bits per heavy atom. The second-order valence-corrected chi connectivity index (χ2v) is 8.85. The van der Waals surface area contributed by atoms with E-state index in [9.17, 15) is 8.42 Å². The number of anilines is 2. The molecule has 0 radical (unpaired) electrons. The number of hydrogen-bond donors (Lipinski definition) is 1. The van der Waals surface area contributed by atoms with Crippen LogP contribution in [0.15, 0.2) is 35.2 Å². The zero-order valence-electron chi connectivity index (χ0n) is 12.0. The van der Waals surface area contributed by atoms with Gasteiger partial charge in [-0.1, -0.05) is 35.3 Å². The molecule has 0 unspecified atom stereocenters. The summed E-state index contributed by atoms with van der Waals surface area (Å²) in [4.78, 5) is 2.08. The topological polar surface area (TPSA) is 58.6 Å². The molecule has 1 aliphatic rings. The highest BCUT2D eigenvalue weighted by Gasteiger charge is 2.23. The van der Waals surface area contributed by atoms with Gasteiger partial charge in [0.2, 0.25) is 0 Å². The monoisotopic (exact) mass is 392 g/mol. The molecule has 2 heterocycles. The van der Waals surface area contributed by atoms with Gasteiger partial charge in [0, 0.05) is 13.1 Å². The molecular formula is C14H14Cl2N2O3S2. The maximum Gasteiger partial charge on any atom is 0.264 e. The lowest BCUT2D eigenvalue weighted by Gasteiger charge is -2.30. The molecule has 1 aliphatic heterocycles. The molecule has 1 fully saturated rings. The van der Waals surface area contributed by atoms with Gasteiger partial charge in [-0.25, -0.2) is 8.42 Å². The summed E-state index contributed by atoms with van der Waals surface area (Å²) >= 11 is 12.8. The first-order valence-corrected chi connectivity index (χ1v) is 9.92. The fourth-order valence-corrected chi connectivity index (χ4v) is 5.57. The quantitative estimate of drug-likeness (QED) is 0.861. The van der Waals surface area contributed by atoms with Gasteiger partial charge in [-0.3, -0.25) is 4.72 Å². The fraction of sp³-hybridized carbons (Fsp3) is 0.286. The lowest BCUT2D eigenvalue weighted by atomic mass is 10.2. The van der Waals surface area contributed by atoms with Crippen LogP contribution in [0.2, 0.25) is 8.67 Å². The highest BCUT2D eigenvalue weighted by atomic mass is 35.5. The summed E-state index contributed by atoms with van der Waals surface area (Å²) in [7, 11) is -3.80. The Bertz CT molecular complexity index is 802. The standard InChI is InChI=1S/C14H14Cl2N2O3S2/c15-13-9-12(14(16)22-13)23(19,20)17-10-3-1-2-4-11(10)18-5-7-21-8-6-18/h1-4,9,17H,5-8H2. The summed E-state index contributed by atoms with van der Waals surface area (Å²) in [6.45, 7) is 2.66. The minimum atomic E-state index is -3.80. The molecule has 23 heavy (non-hydrogen) atoms. The van der Waals surface area contributed by atoms with Gasteiger partial charge in [0.15, 0.2) is 0 Å². The molecule has 2 aromatic rings. The minimum absolute atomic E-state index is 0.00838. The molecule has 1 N–H and O–H groups in total. The summed E-state index contributed by atoms with van der Waals surface area (Å²) in [6.07, 6.45) is 0. The summed E-state index contributed by atoms with van der Waals surface area (Å²) in [5, 5.41) is 0. The molecule has 0 aliphatic carbocycles. The summed E-state index contributed by atoms with van der Waals surface area (Å²) in [6, 6.07) is 8.62. The Balaban J connectivity index is 1.92. The molecule has 0 atom stereocenters. The normalized spacial score (nSPS) is 15.7. The third-order valence-corrected chi connectivity index (χ3v) is 6.53. The third kappa shape index (κ3) is 3.75. The van der Waals surface area contributed by atoms with Crippen molar-refractivity contribution in [1.82, 2.24) is 0 Å². The highest BCUT2D eigenvalue weighted by Crippen LogP contribution is 2.36. The van der Waals surface area contributed by atoms with Crippen LogP contribution in [-0.4, -0.2) is 34.7 Å². The van der Waals surface area contributed by atoms with E-state index in [1.54, 1.807) is 12.1 Å². The lowest BCUT2D eigenvalue weighted by Crippen LogP contribution is -2.36. The van der Waals surface area contributed by atoms with Crippen LogP contribution in [-0.2, 0) is 14.8 Å². The van der Waals surface area contributed by atoms with Crippen LogP contribution in [0.4, 0.5) is 11.4 Å². The van der Waals surface area contributed by atoms with Crippen LogP contribution in [0.3, 0.4) is 0 Å². The number of rotatable bonds is 4. The van der Waals surface area contributed by atoms with E-state index in [1.807, 2.05) is 12.1 Å². The molecule has 0 saturated carbocycles. The largest absolute Gasteiger partial charge is 0.378 e. The molecule has 124 valence electrons. The number of benzene rings is 1. The highest BCUT2D eigenvalue weighted by molar-refractivity contribution is 7.93. The number of nitrogens with zero attached hydrogens (tertiary/aromatic N) is 1. The van der Waals surface area contributed by atoms with Crippen molar-refractivity contribution in [2.75, 3.05) is 35.9 Å². The second-order valence-electron chi connectivity index (χ2n) is 4.91. The van der Waals surface area contributed by atoms with Gasteiger partial charge in [-0.15, -0.1) is 11.3 Å². The summed E-state index contributed by atoms with van der Waals surface area (Å²) < 4.78 is 33.6. The van der Waals surface area contributed by atoms with E-state index in [1.165, 1.54) is 6.07 Å². The molecular weight excluding hydrogens is 379 g/mol. The average Bonchev–Trinajstić information content (AvgIpc) is 2.88.